The second-order valence-electron chi connectivity index (χ2n) is 8.19. The minimum Gasteiger partial charge on any atom is -0.478 e. The van der Waals surface area contributed by atoms with Crippen LogP contribution >= 0.6 is 11.3 Å². The minimum atomic E-state index is -5.01. The molecule has 38 heavy (non-hydrogen) atoms. The van der Waals surface area contributed by atoms with Gasteiger partial charge < -0.3 is 32.0 Å². The van der Waals surface area contributed by atoms with Crippen molar-refractivity contribution in [2.75, 3.05) is 5.73 Å². The van der Waals surface area contributed by atoms with Crippen molar-refractivity contribution in [1.29, 1.82) is 5.41 Å². The largest absolute Gasteiger partial charge is 0.478 e. The number of oxime groups is 1. The van der Waals surface area contributed by atoms with Gasteiger partial charge in [-0.1, -0.05) is 5.16 Å². The summed E-state index contributed by atoms with van der Waals surface area (Å²) in [6.45, 7) is -0.333. The van der Waals surface area contributed by atoms with Crippen molar-refractivity contribution in [2.45, 2.75) is 43.6 Å². The standard InChI is InChI=1S/C17H21N11O8S2/c18-15(19)21-3-7-4-22-27(25-7)5-9-11(13(30)28(9)38(33,34)35)24-12(29)10(8-6-37-16(20)23-8)26-36-17(1-2-17)14(31)32/h4,6,9,11H,1-3,5H2,(H2,20,23)(H,24,29)(H,31,32)(H4,18,19,21)(H,33,34,35)/b26-10+. The quantitative estimate of drug-likeness (QED) is 0.0460. The van der Waals surface area contributed by atoms with Gasteiger partial charge in [0.05, 0.1) is 19.3 Å². The van der Waals surface area contributed by atoms with E-state index in [0.29, 0.717) is 5.69 Å². The summed E-state index contributed by atoms with van der Waals surface area (Å²) < 4.78 is 33.3. The molecule has 2 fully saturated rings. The number of carbonyl (C=O) groups excluding carboxylic acids is 2. The molecule has 2 atom stereocenters. The lowest BCUT2D eigenvalue weighted by Crippen LogP contribution is -2.73. The fourth-order valence-electron chi connectivity index (χ4n) is 3.40. The van der Waals surface area contributed by atoms with Crippen molar-refractivity contribution in [3.63, 3.8) is 0 Å². The zero-order chi connectivity index (χ0) is 27.8. The number of thiazole rings is 1. The smallest absolute Gasteiger partial charge is 0.362 e. The molecule has 3 heterocycles. The number of hydrogen-bond acceptors (Lipinski definition) is 13. The number of aromatic nitrogens is 4. The first-order valence-corrected chi connectivity index (χ1v) is 12.9. The summed E-state index contributed by atoms with van der Waals surface area (Å²) in [5.74, 6) is -3.79. The highest BCUT2D eigenvalue weighted by atomic mass is 32.2. The number of nitrogens with one attached hydrogen (secondary N) is 3. The second-order valence-corrected chi connectivity index (χ2v) is 10.4. The van der Waals surface area contributed by atoms with E-state index in [1.807, 2.05) is 0 Å². The average Bonchev–Trinajstić information content (AvgIpc) is 3.29. The Bertz CT molecular complexity index is 1430. The van der Waals surface area contributed by atoms with Gasteiger partial charge in [-0.25, -0.2) is 14.1 Å². The monoisotopic (exact) mass is 571 g/mol. The molecule has 1 aliphatic heterocycles. The number of nitrogens with zero attached hydrogens (tertiary/aromatic N) is 6. The Hall–Kier alpha value is -4.37. The number of rotatable bonds is 11. The molecule has 204 valence electrons. The Morgan fingerprint density at radius 1 is 1.39 bits per heavy atom. The van der Waals surface area contributed by atoms with Crippen molar-refractivity contribution in [2.24, 2.45) is 10.9 Å². The number of amides is 2. The maximum absolute atomic E-state index is 13.1. The van der Waals surface area contributed by atoms with Crippen LogP contribution in [0.15, 0.2) is 16.7 Å². The number of aliphatic carboxylic acids is 1. The average molecular weight is 572 g/mol. The molecular weight excluding hydrogens is 550 g/mol. The van der Waals surface area contributed by atoms with Gasteiger partial charge in [-0.3, -0.25) is 19.6 Å². The molecule has 4 rings (SSSR count). The van der Waals surface area contributed by atoms with Crippen LogP contribution in [-0.2, 0) is 42.6 Å². The van der Waals surface area contributed by atoms with Gasteiger partial charge >= 0.3 is 16.3 Å². The van der Waals surface area contributed by atoms with E-state index in [-0.39, 0.29) is 47.0 Å². The molecule has 2 aromatic rings. The molecule has 19 nitrogen and oxygen atoms in total. The number of hydrogen-bond donors (Lipinski definition) is 7. The van der Waals surface area contributed by atoms with Crippen molar-refractivity contribution < 1.29 is 37.3 Å². The maximum Gasteiger partial charge on any atom is 0.362 e. The molecule has 1 saturated carbocycles. The van der Waals surface area contributed by atoms with Crippen LogP contribution < -0.4 is 22.1 Å². The number of guanidine groups is 1. The molecule has 0 bridgehead atoms. The normalized spacial score (nSPS) is 20.4. The van der Waals surface area contributed by atoms with E-state index < -0.39 is 51.5 Å². The lowest BCUT2D eigenvalue weighted by Gasteiger charge is -2.43. The van der Waals surface area contributed by atoms with Crippen LogP contribution in [0, 0.1) is 5.41 Å². The number of anilines is 1. The highest BCUT2D eigenvalue weighted by Gasteiger charge is 2.56. The highest BCUT2D eigenvalue weighted by Crippen LogP contribution is 2.40. The molecule has 1 aliphatic carbocycles. The zero-order valence-corrected chi connectivity index (χ0v) is 20.8. The molecule has 1 saturated heterocycles. The Kier molecular flexibility index (Phi) is 6.90. The predicted octanol–water partition coefficient (Wildman–Crippen LogP) is -3.16. The van der Waals surface area contributed by atoms with Gasteiger partial charge in [0.1, 0.15) is 23.5 Å². The Morgan fingerprint density at radius 3 is 2.66 bits per heavy atom. The van der Waals surface area contributed by atoms with Gasteiger partial charge in [0.15, 0.2) is 16.8 Å². The van der Waals surface area contributed by atoms with Gasteiger partial charge in [-0.15, -0.1) is 11.3 Å². The third kappa shape index (κ3) is 5.47. The molecule has 2 aromatic heterocycles. The van der Waals surface area contributed by atoms with E-state index in [1.54, 1.807) is 0 Å². The summed E-state index contributed by atoms with van der Waals surface area (Å²) in [5, 5.41) is 34.4. The van der Waals surface area contributed by atoms with Crippen LogP contribution in [0.5, 0.6) is 0 Å². The van der Waals surface area contributed by atoms with Crippen LogP contribution in [0.3, 0.4) is 0 Å². The fraction of sp³-hybridized carbons (Fsp3) is 0.412. The molecule has 0 radical (unpaired) electrons. The van der Waals surface area contributed by atoms with Gasteiger partial charge in [0.2, 0.25) is 5.60 Å². The molecule has 2 amide bonds. The van der Waals surface area contributed by atoms with Gasteiger partial charge in [-0.2, -0.15) is 23.4 Å². The third-order valence-electron chi connectivity index (χ3n) is 5.48. The van der Waals surface area contributed by atoms with E-state index >= 15 is 0 Å². The lowest BCUT2D eigenvalue weighted by atomic mass is 9.98. The van der Waals surface area contributed by atoms with E-state index in [0.717, 1.165) is 16.1 Å². The summed E-state index contributed by atoms with van der Waals surface area (Å²) in [6.07, 6.45) is 1.62. The second kappa shape index (κ2) is 9.83. The van der Waals surface area contributed by atoms with Crippen molar-refractivity contribution in [1.82, 2.24) is 34.9 Å². The van der Waals surface area contributed by atoms with E-state index in [1.165, 1.54) is 11.6 Å². The van der Waals surface area contributed by atoms with Crippen LogP contribution in [0.25, 0.3) is 0 Å². The number of β-lactam (4-membered cyclic amide) rings is 1. The maximum atomic E-state index is 13.1. The Morgan fingerprint density at radius 2 is 2.11 bits per heavy atom. The molecule has 9 N–H and O–H groups in total. The fourth-order valence-corrected chi connectivity index (χ4v) is 4.82. The summed E-state index contributed by atoms with van der Waals surface area (Å²) in [5.41, 5.74) is 9.00. The first-order valence-electron chi connectivity index (χ1n) is 10.6. The lowest BCUT2D eigenvalue weighted by molar-refractivity contribution is -0.153. The third-order valence-corrected chi connectivity index (χ3v) is 7.11. The number of carboxylic acid groups (broad SMARTS) is 1. The minimum absolute atomic E-state index is 0.0372. The molecule has 0 aromatic carbocycles. The number of nitrogens with two attached hydrogens (primary N) is 2. The van der Waals surface area contributed by atoms with Gasteiger partial charge in [-0.05, 0) is 0 Å². The number of carbonyl (C=O) groups is 3. The summed E-state index contributed by atoms with van der Waals surface area (Å²) in [4.78, 5) is 47.2. The number of nitrogen functional groups attached to an aromatic ring is 1. The van der Waals surface area contributed by atoms with Crippen LogP contribution in [-0.4, -0.2) is 89.5 Å². The summed E-state index contributed by atoms with van der Waals surface area (Å²) >= 11 is 0.959. The highest BCUT2D eigenvalue weighted by molar-refractivity contribution is 7.84. The van der Waals surface area contributed by atoms with E-state index in [4.69, 9.17) is 21.7 Å². The Labute approximate surface area is 217 Å². The molecule has 2 aliphatic rings. The van der Waals surface area contributed by atoms with E-state index in [9.17, 15) is 32.5 Å². The SMILES string of the molecule is N=C(N)NCc1cnn(CC2C(NC(=O)/C(=N/OC3(C(=O)O)CC3)c3csc(N)n3)C(=O)N2S(=O)(=O)O)n1. The first-order chi connectivity index (χ1) is 17.8. The molecule has 21 heteroatoms. The topological polar surface area (TPSA) is 294 Å². The number of carboxylic acids is 1. The van der Waals surface area contributed by atoms with E-state index in [2.05, 4.69) is 31.0 Å². The van der Waals surface area contributed by atoms with Crippen molar-refractivity contribution in [3.8, 4) is 0 Å². The van der Waals surface area contributed by atoms with Gasteiger partial charge in [0, 0.05) is 18.2 Å². The molecule has 0 spiro atoms. The predicted molar refractivity (Wildman–Crippen MR) is 127 cm³/mol. The van der Waals surface area contributed by atoms with Crippen molar-refractivity contribution in [3.05, 3.63) is 23.0 Å². The van der Waals surface area contributed by atoms with Gasteiger partial charge in [0.25, 0.3) is 11.8 Å². The zero-order valence-electron chi connectivity index (χ0n) is 19.1. The molecule has 2 unspecified atom stereocenters. The van der Waals surface area contributed by atoms with Crippen LogP contribution in [0.4, 0.5) is 5.13 Å². The van der Waals surface area contributed by atoms with Crippen LogP contribution in [0.2, 0.25) is 0 Å². The molecular formula is C17H21N11O8S2. The summed E-state index contributed by atoms with van der Waals surface area (Å²) in [7, 11) is -5.01. The first kappa shape index (κ1) is 26.7. The Balaban J connectivity index is 1.55. The van der Waals surface area contributed by atoms with Crippen LogP contribution in [0.1, 0.15) is 24.2 Å². The summed E-state index contributed by atoms with van der Waals surface area (Å²) in [6, 6.07) is -2.83. The van der Waals surface area contributed by atoms with Crippen molar-refractivity contribution >= 4 is 56.2 Å².